The van der Waals surface area contributed by atoms with Crippen LogP contribution in [0.25, 0.3) is 0 Å². The van der Waals surface area contributed by atoms with Gasteiger partial charge in [0.15, 0.2) is 0 Å². The van der Waals surface area contributed by atoms with Gasteiger partial charge in [0.2, 0.25) is 5.91 Å². The zero-order valence-electron chi connectivity index (χ0n) is 17.4. The molecule has 0 bridgehead atoms. The van der Waals surface area contributed by atoms with Gasteiger partial charge in [0.25, 0.3) is 15.9 Å². The highest BCUT2D eigenvalue weighted by atomic mass is 35.5. The molecule has 3 aromatic carbocycles. The van der Waals surface area contributed by atoms with E-state index in [0.29, 0.717) is 22.1 Å². The van der Waals surface area contributed by atoms with Gasteiger partial charge >= 0.3 is 0 Å². The maximum atomic E-state index is 12.7. The minimum absolute atomic E-state index is 0.0585. The van der Waals surface area contributed by atoms with Crippen molar-refractivity contribution >= 4 is 50.5 Å². The zero-order valence-corrected chi connectivity index (χ0v) is 19.0. The lowest BCUT2D eigenvalue weighted by atomic mass is 10.2. The fourth-order valence-corrected chi connectivity index (χ4v) is 3.98. The van der Waals surface area contributed by atoms with Crippen molar-refractivity contribution in [3.05, 3.63) is 83.4 Å². The number of hydrogen-bond acceptors (Lipinski definition) is 4. The molecule has 0 aromatic heterocycles. The van der Waals surface area contributed by atoms with E-state index in [1.807, 2.05) is 0 Å². The Morgan fingerprint density at radius 2 is 1.44 bits per heavy atom. The summed E-state index contributed by atoms with van der Waals surface area (Å²) in [6.45, 7) is 3.59. The molecule has 0 aliphatic rings. The molecule has 3 aromatic rings. The van der Waals surface area contributed by atoms with E-state index in [1.54, 1.807) is 56.3 Å². The van der Waals surface area contributed by atoms with Crippen LogP contribution in [0.1, 0.15) is 24.2 Å². The first-order valence-corrected chi connectivity index (χ1v) is 11.6. The first-order valence-electron chi connectivity index (χ1n) is 9.75. The molecule has 3 rings (SSSR count). The Hall–Kier alpha value is -3.36. The van der Waals surface area contributed by atoms with Gasteiger partial charge in [0.05, 0.1) is 10.6 Å². The van der Waals surface area contributed by atoms with Crippen LogP contribution < -0.4 is 15.4 Å². The van der Waals surface area contributed by atoms with Gasteiger partial charge in [0.1, 0.15) is 0 Å². The van der Waals surface area contributed by atoms with E-state index in [2.05, 4.69) is 15.4 Å². The minimum atomic E-state index is -3.91. The van der Waals surface area contributed by atoms with Crippen molar-refractivity contribution in [1.82, 2.24) is 0 Å². The van der Waals surface area contributed by atoms with Crippen molar-refractivity contribution in [2.24, 2.45) is 5.92 Å². The summed E-state index contributed by atoms with van der Waals surface area (Å²) in [5, 5.41) is 5.88. The molecule has 0 aliphatic carbocycles. The Bertz CT molecular complexity index is 1240. The Labute approximate surface area is 191 Å². The summed E-state index contributed by atoms with van der Waals surface area (Å²) in [5.41, 5.74) is 1.61. The van der Waals surface area contributed by atoms with Crippen LogP contribution in [0.15, 0.2) is 77.7 Å². The highest BCUT2D eigenvalue weighted by Gasteiger charge is 2.17. The number of hydrogen-bond donors (Lipinski definition) is 3. The van der Waals surface area contributed by atoms with Crippen LogP contribution in [0.3, 0.4) is 0 Å². The molecule has 32 heavy (non-hydrogen) atoms. The Morgan fingerprint density at radius 1 is 0.812 bits per heavy atom. The molecule has 0 radical (unpaired) electrons. The second-order valence-corrected chi connectivity index (χ2v) is 9.44. The third-order valence-electron chi connectivity index (χ3n) is 4.42. The summed E-state index contributed by atoms with van der Waals surface area (Å²) in [6, 6.07) is 18.7. The molecule has 9 heteroatoms. The average molecular weight is 472 g/mol. The normalized spacial score (nSPS) is 11.1. The lowest BCUT2D eigenvalue weighted by Gasteiger charge is -2.11. The number of rotatable bonds is 7. The lowest BCUT2D eigenvalue weighted by Crippen LogP contribution is -2.18. The molecule has 2 amide bonds. The van der Waals surface area contributed by atoms with Crippen LogP contribution in [0.4, 0.5) is 17.1 Å². The van der Waals surface area contributed by atoms with Gasteiger partial charge < -0.3 is 10.6 Å². The largest absolute Gasteiger partial charge is 0.326 e. The van der Waals surface area contributed by atoms with E-state index in [0.717, 1.165) is 0 Å². The molecule has 166 valence electrons. The third-order valence-corrected chi connectivity index (χ3v) is 6.03. The molecule has 0 atom stereocenters. The smallest absolute Gasteiger partial charge is 0.261 e. The molecule has 0 unspecified atom stereocenters. The third kappa shape index (κ3) is 6.09. The fourth-order valence-electron chi connectivity index (χ4n) is 2.70. The summed E-state index contributed by atoms with van der Waals surface area (Å²) in [5.74, 6) is -0.721. The number of amides is 2. The number of carbonyl (C=O) groups excluding carboxylic acids is 2. The lowest BCUT2D eigenvalue weighted by molar-refractivity contribution is -0.118. The van der Waals surface area contributed by atoms with Crippen molar-refractivity contribution < 1.29 is 18.0 Å². The Morgan fingerprint density at radius 3 is 2.06 bits per heavy atom. The van der Waals surface area contributed by atoms with Gasteiger partial charge in [0, 0.05) is 27.9 Å². The van der Waals surface area contributed by atoms with Gasteiger partial charge in [-0.1, -0.05) is 37.6 Å². The minimum Gasteiger partial charge on any atom is -0.326 e. The van der Waals surface area contributed by atoms with Crippen molar-refractivity contribution in [2.45, 2.75) is 18.7 Å². The summed E-state index contributed by atoms with van der Waals surface area (Å²) in [4.78, 5) is 24.3. The predicted octanol–water partition coefficient (Wildman–Crippen LogP) is 4.99. The molecule has 7 nitrogen and oxygen atoms in total. The van der Waals surface area contributed by atoms with Gasteiger partial charge in [-0.2, -0.15) is 0 Å². The number of anilines is 3. The highest BCUT2D eigenvalue weighted by Crippen LogP contribution is 2.21. The molecule has 0 saturated heterocycles. The van der Waals surface area contributed by atoms with Gasteiger partial charge in [-0.15, -0.1) is 0 Å². The molecule has 0 spiro atoms. The number of halogens is 1. The monoisotopic (exact) mass is 471 g/mol. The topological polar surface area (TPSA) is 104 Å². The van der Waals surface area contributed by atoms with Gasteiger partial charge in [-0.3, -0.25) is 14.3 Å². The fraction of sp³-hybridized carbons (Fsp3) is 0.130. The van der Waals surface area contributed by atoms with E-state index in [4.69, 9.17) is 11.6 Å². The van der Waals surface area contributed by atoms with Crippen LogP contribution in [0.2, 0.25) is 5.02 Å². The molecular weight excluding hydrogens is 450 g/mol. The summed E-state index contributed by atoms with van der Waals surface area (Å²) in [7, 11) is -3.91. The summed E-state index contributed by atoms with van der Waals surface area (Å²) in [6.07, 6.45) is 0. The van der Waals surface area contributed by atoms with Crippen LogP contribution in [-0.2, 0) is 14.8 Å². The molecular formula is C23H22ClN3O4S. The van der Waals surface area contributed by atoms with E-state index < -0.39 is 15.9 Å². The molecule has 0 saturated carbocycles. The number of sulfonamides is 1. The summed E-state index contributed by atoms with van der Waals surface area (Å²) >= 11 is 5.90. The van der Waals surface area contributed by atoms with E-state index in [9.17, 15) is 18.0 Å². The second kappa shape index (κ2) is 9.84. The van der Waals surface area contributed by atoms with Crippen LogP contribution in [0, 0.1) is 5.92 Å². The van der Waals surface area contributed by atoms with Crippen LogP contribution >= 0.6 is 11.6 Å². The first-order chi connectivity index (χ1) is 15.1. The van der Waals surface area contributed by atoms with Crippen molar-refractivity contribution in [1.29, 1.82) is 0 Å². The van der Waals surface area contributed by atoms with E-state index >= 15 is 0 Å². The summed E-state index contributed by atoms with van der Waals surface area (Å²) < 4.78 is 27.8. The zero-order chi connectivity index (χ0) is 23.3. The number of benzene rings is 3. The molecule has 0 heterocycles. The average Bonchev–Trinajstić information content (AvgIpc) is 2.75. The number of nitrogens with one attached hydrogen (secondary N) is 3. The maximum Gasteiger partial charge on any atom is 0.261 e. The van der Waals surface area contributed by atoms with Gasteiger partial charge in [-0.25, -0.2) is 8.42 Å². The van der Waals surface area contributed by atoms with Crippen molar-refractivity contribution in [3.63, 3.8) is 0 Å². The quantitative estimate of drug-likeness (QED) is 0.451. The van der Waals surface area contributed by atoms with Crippen LogP contribution in [0.5, 0.6) is 0 Å². The van der Waals surface area contributed by atoms with Gasteiger partial charge in [-0.05, 0) is 60.7 Å². The SMILES string of the molecule is CC(C)C(=O)Nc1ccc(NC(=O)c2cccc(S(=O)(=O)Nc3cccc(Cl)c3)c2)cc1. The Kier molecular flexibility index (Phi) is 7.17. The molecule has 0 aliphatic heterocycles. The van der Waals surface area contributed by atoms with E-state index in [1.165, 1.54) is 30.3 Å². The molecule has 3 N–H and O–H groups in total. The van der Waals surface area contributed by atoms with Crippen LogP contribution in [-0.4, -0.2) is 20.2 Å². The molecule has 0 fully saturated rings. The van der Waals surface area contributed by atoms with Crippen molar-refractivity contribution in [2.75, 3.05) is 15.4 Å². The standard InChI is InChI=1S/C23H22ClN3O4S/c1-15(2)22(28)25-18-9-11-19(12-10-18)26-23(29)16-5-3-8-21(13-16)32(30,31)27-20-7-4-6-17(24)14-20/h3-15,27H,1-2H3,(H,25,28)(H,26,29). The van der Waals surface area contributed by atoms with Crippen molar-refractivity contribution in [3.8, 4) is 0 Å². The van der Waals surface area contributed by atoms with E-state index in [-0.39, 0.29) is 22.3 Å². The highest BCUT2D eigenvalue weighted by molar-refractivity contribution is 7.92. The first kappa shape index (κ1) is 23.3. The maximum absolute atomic E-state index is 12.7. The Balaban J connectivity index is 1.72. The predicted molar refractivity (Wildman–Crippen MR) is 127 cm³/mol. The number of carbonyl (C=O) groups is 2. The second-order valence-electron chi connectivity index (χ2n) is 7.32.